The van der Waals surface area contributed by atoms with Gasteiger partial charge in [-0.3, -0.25) is 9.69 Å². The molecule has 0 bridgehead atoms. The molecule has 0 amide bonds. The number of rotatable bonds is 7. The van der Waals surface area contributed by atoms with E-state index in [0.29, 0.717) is 23.0 Å². The molecule has 0 spiro atoms. The minimum atomic E-state index is -0.621. The van der Waals surface area contributed by atoms with Crippen LogP contribution in [0.15, 0.2) is 9.32 Å². The van der Waals surface area contributed by atoms with Gasteiger partial charge < -0.3 is 9.26 Å². The van der Waals surface area contributed by atoms with Crippen LogP contribution in [0.5, 0.6) is 0 Å². The van der Waals surface area contributed by atoms with Crippen molar-refractivity contribution in [2.75, 3.05) is 20.2 Å². The molecule has 0 aromatic carbocycles. The molecular weight excluding hydrogens is 324 g/mol. The van der Waals surface area contributed by atoms with Crippen molar-refractivity contribution in [1.82, 2.24) is 19.8 Å². The third-order valence-corrected chi connectivity index (χ3v) is 3.72. The van der Waals surface area contributed by atoms with Crippen LogP contribution in [0.4, 0.5) is 0 Å². The van der Waals surface area contributed by atoms with E-state index in [2.05, 4.69) is 42.9 Å². The molecule has 2 aromatic heterocycles. The van der Waals surface area contributed by atoms with Gasteiger partial charge in [-0.25, -0.2) is 9.48 Å². The Bertz CT molecular complexity index is 797. The summed E-state index contributed by atoms with van der Waals surface area (Å²) in [5, 5.41) is 8.37. The lowest BCUT2D eigenvalue weighted by atomic mass is 10.1. The monoisotopic (exact) mass is 350 g/mol. The average Bonchev–Trinajstić information content (AvgIpc) is 2.90. The van der Waals surface area contributed by atoms with Crippen LogP contribution in [0.2, 0.25) is 0 Å². The fraction of sp³-hybridized carbons (Fsp3) is 0.647. The van der Waals surface area contributed by atoms with Crippen LogP contribution in [-0.2, 0) is 11.4 Å². The van der Waals surface area contributed by atoms with Crippen LogP contribution in [-0.4, -0.2) is 46.0 Å². The molecule has 8 heteroatoms. The Morgan fingerprint density at radius 1 is 1.24 bits per heavy atom. The van der Waals surface area contributed by atoms with Gasteiger partial charge in [-0.15, -0.1) is 0 Å². The molecule has 0 saturated carbocycles. The van der Waals surface area contributed by atoms with Crippen LogP contribution in [0.1, 0.15) is 43.9 Å². The zero-order valence-electron chi connectivity index (χ0n) is 15.7. The number of nitrogens with zero attached hydrogens (tertiary/aromatic N) is 4. The van der Waals surface area contributed by atoms with E-state index in [9.17, 15) is 9.59 Å². The van der Waals surface area contributed by atoms with Crippen molar-refractivity contribution in [3.8, 4) is 0 Å². The van der Waals surface area contributed by atoms with Crippen LogP contribution in [0.3, 0.4) is 0 Å². The number of methoxy groups -OCH3 is 1. The first-order valence-corrected chi connectivity index (χ1v) is 8.42. The smallest absolute Gasteiger partial charge is 0.359 e. The van der Waals surface area contributed by atoms with E-state index in [-0.39, 0.29) is 23.4 Å². The van der Waals surface area contributed by atoms with Crippen LogP contribution in [0, 0.1) is 18.8 Å². The Balaban J connectivity index is 2.51. The first-order chi connectivity index (χ1) is 11.7. The van der Waals surface area contributed by atoms with Crippen molar-refractivity contribution in [2.45, 2.75) is 41.3 Å². The third kappa shape index (κ3) is 4.25. The van der Waals surface area contributed by atoms with E-state index >= 15 is 0 Å². The molecule has 0 unspecified atom stereocenters. The van der Waals surface area contributed by atoms with Crippen molar-refractivity contribution >= 4 is 16.9 Å². The van der Waals surface area contributed by atoms with Gasteiger partial charge in [0.15, 0.2) is 11.2 Å². The van der Waals surface area contributed by atoms with E-state index in [0.717, 1.165) is 13.1 Å². The summed E-state index contributed by atoms with van der Waals surface area (Å²) < 4.78 is 11.2. The number of ether oxygens (including phenoxy) is 1. The Hall–Kier alpha value is -2.22. The number of carbonyl (C=O) groups is 1. The van der Waals surface area contributed by atoms with E-state index in [4.69, 9.17) is 9.26 Å². The van der Waals surface area contributed by atoms with E-state index in [1.165, 1.54) is 11.8 Å². The molecule has 2 aromatic rings. The lowest BCUT2D eigenvalue weighted by Gasteiger charge is -2.26. The van der Waals surface area contributed by atoms with Gasteiger partial charge in [0.05, 0.1) is 19.2 Å². The van der Waals surface area contributed by atoms with E-state index in [1.54, 1.807) is 6.92 Å². The summed E-state index contributed by atoms with van der Waals surface area (Å²) in [6.07, 6.45) is 0. The zero-order chi connectivity index (χ0) is 18.7. The van der Waals surface area contributed by atoms with E-state index in [1.807, 2.05) is 0 Å². The normalized spacial score (nSPS) is 11.9. The average molecular weight is 350 g/mol. The highest BCUT2D eigenvalue weighted by molar-refractivity contribution is 6.01. The Labute approximate surface area is 146 Å². The number of aryl methyl sites for hydroxylation is 1. The molecule has 25 heavy (non-hydrogen) atoms. The maximum atomic E-state index is 12.7. The SMILES string of the molecule is COC(=O)c1nn(CN(CC(C)C)CC(C)C)c(=O)c2noc(C)c12. The largest absolute Gasteiger partial charge is 0.464 e. The second-order valence-corrected chi connectivity index (χ2v) is 7.07. The molecule has 0 fully saturated rings. The number of carbonyl (C=O) groups excluding carboxylic acids is 1. The molecule has 0 aliphatic heterocycles. The molecule has 0 aliphatic rings. The molecule has 8 nitrogen and oxygen atoms in total. The molecular formula is C17H26N4O4. The molecule has 0 saturated heterocycles. The molecule has 2 rings (SSSR count). The maximum Gasteiger partial charge on any atom is 0.359 e. The van der Waals surface area contributed by atoms with Gasteiger partial charge in [0.2, 0.25) is 0 Å². The predicted molar refractivity (Wildman–Crippen MR) is 93.4 cm³/mol. The zero-order valence-corrected chi connectivity index (χ0v) is 15.7. The second-order valence-electron chi connectivity index (χ2n) is 7.07. The summed E-state index contributed by atoms with van der Waals surface area (Å²) in [6.45, 7) is 12.0. The number of hydrogen-bond acceptors (Lipinski definition) is 7. The van der Waals surface area contributed by atoms with Gasteiger partial charge in [0, 0.05) is 13.1 Å². The fourth-order valence-electron chi connectivity index (χ4n) is 2.88. The molecule has 138 valence electrons. The lowest BCUT2D eigenvalue weighted by Crippen LogP contribution is -2.38. The van der Waals surface area contributed by atoms with Gasteiger partial charge in [-0.2, -0.15) is 5.10 Å². The quantitative estimate of drug-likeness (QED) is 0.706. The standard InChI is InChI=1S/C17H26N4O4/c1-10(2)7-20(8-11(3)4)9-21-16(22)14-13(12(5)25-19-14)15(18-21)17(23)24-6/h10-11H,7-9H2,1-6H3. The number of aromatic nitrogens is 3. The molecule has 0 atom stereocenters. The second kappa shape index (κ2) is 7.77. The lowest BCUT2D eigenvalue weighted by molar-refractivity contribution is 0.0591. The highest BCUT2D eigenvalue weighted by Gasteiger charge is 2.23. The van der Waals surface area contributed by atoms with Crippen molar-refractivity contribution in [1.29, 1.82) is 0 Å². The van der Waals surface area contributed by atoms with Gasteiger partial charge in [0.1, 0.15) is 5.76 Å². The van der Waals surface area contributed by atoms with Gasteiger partial charge in [-0.1, -0.05) is 32.9 Å². The van der Waals surface area contributed by atoms with Gasteiger partial charge >= 0.3 is 5.97 Å². The number of esters is 1. The molecule has 0 radical (unpaired) electrons. The predicted octanol–water partition coefficient (Wildman–Crippen LogP) is 2.05. The van der Waals surface area contributed by atoms with Gasteiger partial charge in [0.25, 0.3) is 5.56 Å². The summed E-state index contributed by atoms with van der Waals surface area (Å²) in [7, 11) is 1.28. The molecule has 2 heterocycles. The minimum absolute atomic E-state index is 0.0462. The van der Waals surface area contributed by atoms with Crippen molar-refractivity contribution in [3.05, 3.63) is 21.8 Å². The highest BCUT2D eigenvalue weighted by Crippen LogP contribution is 2.18. The van der Waals surface area contributed by atoms with Crippen LogP contribution < -0.4 is 5.56 Å². The van der Waals surface area contributed by atoms with Gasteiger partial charge in [-0.05, 0) is 18.8 Å². The van der Waals surface area contributed by atoms with Crippen molar-refractivity contribution < 1.29 is 14.1 Å². The summed E-state index contributed by atoms with van der Waals surface area (Å²) in [4.78, 5) is 27.0. The van der Waals surface area contributed by atoms with Crippen LogP contribution in [0.25, 0.3) is 10.9 Å². The topological polar surface area (TPSA) is 90.5 Å². The first kappa shape index (κ1) is 19.1. The fourth-order valence-corrected chi connectivity index (χ4v) is 2.88. The Morgan fingerprint density at radius 2 is 1.84 bits per heavy atom. The molecule has 0 N–H and O–H groups in total. The summed E-state index contributed by atoms with van der Waals surface area (Å²) >= 11 is 0. The molecule has 0 aliphatic carbocycles. The van der Waals surface area contributed by atoms with Crippen LogP contribution >= 0.6 is 0 Å². The highest BCUT2D eigenvalue weighted by atomic mass is 16.5. The van der Waals surface area contributed by atoms with Crippen molar-refractivity contribution in [2.24, 2.45) is 11.8 Å². The summed E-state index contributed by atoms with van der Waals surface area (Å²) in [5.41, 5.74) is -0.233. The minimum Gasteiger partial charge on any atom is -0.464 e. The Morgan fingerprint density at radius 3 is 2.36 bits per heavy atom. The summed E-state index contributed by atoms with van der Waals surface area (Å²) in [5.74, 6) is 0.623. The Kier molecular flexibility index (Phi) is 5.94. The maximum absolute atomic E-state index is 12.7. The third-order valence-electron chi connectivity index (χ3n) is 3.72. The van der Waals surface area contributed by atoms with E-state index < -0.39 is 5.97 Å². The summed E-state index contributed by atoms with van der Waals surface area (Å²) in [6, 6.07) is 0. The number of hydrogen-bond donors (Lipinski definition) is 0. The number of fused-ring (bicyclic) bond motifs is 1. The first-order valence-electron chi connectivity index (χ1n) is 8.42. The van der Waals surface area contributed by atoms with Crippen molar-refractivity contribution in [3.63, 3.8) is 0 Å².